The van der Waals surface area contributed by atoms with Gasteiger partial charge in [-0.25, -0.2) is 0 Å². The van der Waals surface area contributed by atoms with Crippen molar-refractivity contribution >= 4 is 11.4 Å². The Morgan fingerprint density at radius 2 is 0.800 bits per heavy atom. The van der Waals surface area contributed by atoms with Crippen LogP contribution in [0, 0.1) is 23.7 Å². The molecule has 0 radical (unpaired) electrons. The van der Waals surface area contributed by atoms with Crippen LogP contribution in [0.25, 0.3) is 0 Å². The molecule has 0 atom stereocenters. The van der Waals surface area contributed by atoms with E-state index >= 15 is 0 Å². The highest BCUT2D eigenvalue weighted by Crippen LogP contribution is 2.22. The quantitative estimate of drug-likeness (QED) is 0.123. The van der Waals surface area contributed by atoms with Crippen LogP contribution in [0.3, 0.4) is 0 Å². The number of hydrogen-bond donors (Lipinski definition) is 2. The molecule has 0 bridgehead atoms. The summed E-state index contributed by atoms with van der Waals surface area (Å²) < 4.78 is 0. The first-order valence-corrected chi connectivity index (χ1v) is 15.5. The van der Waals surface area contributed by atoms with Gasteiger partial charge in [0.25, 0.3) is 0 Å². The number of benzene rings is 3. The highest BCUT2D eigenvalue weighted by atomic mass is 14.5. The molecule has 0 unspecified atom stereocenters. The van der Waals surface area contributed by atoms with Gasteiger partial charge in [0.2, 0.25) is 0 Å². The first kappa shape index (κ1) is 30.9. The molecular weight excluding hydrogens is 484 g/mol. The smallest absolute Gasteiger partial charge is 0.0314 e. The molecule has 3 aromatic carbocycles. The fourth-order valence-corrected chi connectivity index (χ4v) is 4.94. The van der Waals surface area contributed by atoms with Crippen molar-refractivity contribution in [2.24, 2.45) is 0 Å². The Morgan fingerprint density at radius 1 is 0.450 bits per heavy atom. The number of aryl methyl sites for hydroxylation is 2. The summed E-state index contributed by atoms with van der Waals surface area (Å²) in [5.41, 5.74) is 20.2. The molecule has 40 heavy (non-hydrogen) atoms. The topological polar surface area (TPSA) is 52.0 Å². The van der Waals surface area contributed by atoms with Crippen molar-refractivity contribution in [1.82, 2.24) is 0 Å². The monoisotopic (exact) mass is 532 g/mol. The van der Waals surface area contributed by atoms with Crippen LogP contribution < -0.4 is 11.5 Å². The van der Waals surface area contributed by atoms with E-state index in [4.69, 9.17) is 11.5 Å². The second-order valence-corrected chi connectivity index (χ2v) is 10.9. The minimum Gasteiger partial charge on any atom is -0.399 e. The predicted molar refractivity (Wildman–Crippen MR) is 174 cm³/mol. The van der Waals surface area contributed by atoms with Crippen LogP contribution in [0.2, 0.25) is 0 Å². The molecule has 0 aliphatic heterocycles. The number of unbranched alkanes of at least 4 members (excludes halogenated alkanes) is 10. The standard InChI is InChI=1S/C38H48N2/c1-3-5-7-9-11-13-15-33-29-36(24-18-32-21-27-38(40)28-22-32)34(16-14-12-10-8-6-4-2)30-35(33)23-17-31-19-25-37(39)26-20-31/h19-22,25-30H,3-16,39-40H2,1-2H3. The fraction of sp³-hybridized carbons (Fsp3) is 0.421. The molecular formula is C38H48N2. The number of rotatable bonds is 14. The molecule has 2 nitrogen and oxygen atoms in total. The second-order valence-electron chi connectivity index (χ2n) is 10.9. The molecule has 0 aromatic heterocycles. The van der Waals surface area contributed by atoms with E-state index in [9.17, 15) is 0 Å². The van der Waals surface area contributed by atoms with Gasteiger partial charge < -0.3 is 11.5 Å². The van der Waals surface area contributed by atoms with Gasteiger partial charge in [0.05, 0.1) is 0 Å². The Balaban J connectivity index is 1.91. The lowest BCUT2D eigenvalue weighted by Gasteiger charge is -2.12. The highest BCUT2D eigenvalue weighted by molar-refractivity contribution is 5.56. The van der Waals surface area contributed by atoms with Gasteiger partial charge in [0, 0.05) is 33.6 Å². The van der Waals surface area contributed by atoms with Crippen molar-refractivity contribution in [2.45, 2.75) is 104 Å². The van der Waals surface area contributed by atoms with Gasteiger partial charge in [-0.2, -0.15) is 0 Å². The minimum atomic E-state index is 0.763. The molecule has 0 aliphatic carbocycles. The molecule has 3 rings (SSSR count). The zero-order valence-electron chi connectivity index (χ0n) is 24.8. The normalized spacial score (nSPS) is 10.4. The molecule has 0 amide bonds. The maximum absolute atomic E-state index is 5.89. The molecule has 0 aliphatic rings. The van der Waals surface area contributed by atoms with Crippen molar-refractivity contribution in [1.29, 1.82) is 0 Å². The van der Waals surface area contributed by atoms with E-state index in [0.717, 1.165) is 46.5 Å². The molecule has 3 aromatic rings. The Bertz CT molecular complexity index is 1170. The van der Waals surface area contributed by atoms with Crippen LogP contribution in [-0.4, -0.2) is 0 Å². The van der Waals surface area contributed by atoms with Crippen molar-refractivity contribution in [3.05, 3.63) is 94.0 Å². The zero-order chi connectivity index (χ0) is 28.4. The third-order valence-electron chi connectivity index (χ3n) is 7.43. The van der Waals surface area contributed by atoms with E-state index in [2.05, 4.69) is 49.7 Å². The zero-order valence-corrected chi connectivity index (χ0v) is 24.8. The maximum atomic E-state index is 5.89. The largest absolute Gasteiger partial charge is 0.399 e. The fourth-order valence-electron chi connectivity index (χ4n) is 4.94. The third-order valence-corrected chi connectivity index (χ3v) is 7.43. The van der Waals surface area contributed by atoms with Crippen LogP contribution >= 0.6 is 0 Å². The van der Waals surface area contributed by atoms with Crippen molar-refractivity contribution in [3.63, 3.8) is 0 Å². The van der Waals surface area contributed by atoms with E-state index < -0.39 is 0 Å². The Morgan fingerprint density at radius 3 is 1.18 bits per heavy atom. The van der Waals surface area contributed by atoms with Crippen LogP contribution in [0.1, 0.15) is 124 Å². The SMILES string of the molecule is CCCCCCCCc1cc(C#Cc2ccc(N)cc2)c(CCCCCCCC)cc1C#Cc1ccc(N)cc1. The van der Waals surface area contributed by atoms with Crippen molar-refractivity contribution in [3.8, 4) is 23.7 Å². The summed E-state index contributed by atoms with van der Waals surface area (Å²) in [4.78, 5) is 0. The Hall–Kier alpha value is -3.62. The summed E-state index contributed by atoms with van der Waals surface area (Å²) in [5.74, 6) is 13.8. The van der Waals surface area contributed by atoms with E-state index in [1.165, 1.54) is 88.2 Å². The molecule has 2 heteroatoms. The predicted octanol–water partition coefficient (Wildman–Crippen LogP) is 9.46. The molecule has 210 valence electrons. The van der Waals surface area contributed by atoms with Crippen LogP contribution in [0.5, 0.6) is 0 Å². The molecule has 0 saturated heterocycles. The summed E-state index contributed by atoms with van der Waals surface area (Å²) in [6, 6.07) is 20.3. The van der Waals surface area contributed by atoms with Crippen LogP contribution in [-0.2, 0) is 12.8 Å². The average Bonchev–Trinajstić information content (AvgIpc) is 2.97. The first-order chi connectivity index (χ1) is 19.6. The first-order valence-electron chi connectivity index (χ1n) is 15.5. The average molecular weight is 533 g/mol. The van der Waals surface area contributed by atoms with Gasteiger partial charge in [0.1, 0.15) is 0 Å². The van der Waals surface area contributed by atoms with Gasteiger partial charge in [-0.1, -0.05) is 102 Å². The van der Waals surface area contributed by atoms with Gasteiger partial charge in [-0.05, 0) is 97.5 Å². The summed E-state index contributed by atoms with van der Waals surface area (Å²) in [6.45, 7) is 4.54. The number of hydrogen-bond acceptors (Lipinski definition) is 2. The second kappa shape index (κ2) is 17.9. The van der Waals surface area contributed by atoms with E-state index in [0.29, 0.717) is 0 Å². The summed E-state index contributed by atoms with van der Waals surface area (Å²) >= 11 is 0. The van der Waals surface area contributed by atoms with Gasteiger partial charge in [-0.3, -0.25) is 0 Å². The Labute approximate surface area is 244 Å². The van der Waals surface area contributed by atoms with Crippen LogP contribution in [0.15, 0.2) is 60.7 Å². The summed E-state index contributed by atoms with van der Waals surface area (Å²) in [5, 5.41) is 0. The number of nitrogens with two attached hydrogens (primary N) is 2. The lowest BCUT2D eigenvalue weighted by atomic mass is 9.92. The lowest BCUT2D eigenvalue weighted by molar-refractivity contribution is 0.605. The Kier molecular flexibility index (Phi) is 13.8. The maximum Gasteiger partial charge on any atom is 0.0314 e. The molecule has 0 spiro atoms. The molecule has 0 fully saturated rings. The molecule has 0 heterocycles. The van der Waals surface area contributed by atoms with E-state index in [1.54, 1.807) is 0 Å². The summed E-state index contributed by atoms with van der Waals surface area (Å²) in [7, 11) is 0. The molecule has 0 saturated carbocycles. The van der Waals surface area contributed by atoms with Gasteiger partial charge in [-0.15, -0.1) is 0 Å². The molecule has 4 N–H and O–H groups in total. The highest BCUT2D eigenvalue weighted by Gasteiger charge is 2.09. The number of nitrogen functional groups attached to an aromatic ring is 2. The van der Waals surface area contributed by atoms with Crippen molar-refractivity contribution in [2.75, 3.05) is 11.5 Å². The van der Waals surface area contributed by atoms with Gasteiger partial charge in [0.15, 0.2) is 0 Å². The minimum absolute atomic E-state index is 0.763. The van der Waals surface area contributed by atoms with Crippen molar-refractivity contribution < 1.29 is 0 Å². The summed E-state index contributed by atoms with van der Waals surface area (Å²) in [6.07, 6.45) is 17.4. The lowest BCUT2D eigenvalue weighted by Crippen LogP contribution is -1.99. The van der Waals surface area contributed by atoms with E-state index in [1.807, 2.05) is 48.5 Å². The number of anilines is 2. The van der Waals surface area contributed by atoms with E-state index in [-0.39, 0.29) is 0 Å². The van der Waals surface area contributed by atoms with Crippen LogP contribution in [0.4, 0.5) is 11.4 Å². The third kappa shape index (κ3) is 11.2. The van der Waals surface area contributed by atoms with Gasteiger partial charge >= 0.3 is 0 Å².